The molecule has 212 valence electrons. The van der Waals surface area contributed by atoms with E-state index in [4.69, 9.17) is 32.5 Å². The molecule has 1 unspecified atom stereocenters. The van der Waals surface area contributed by atoms with Gasteiger partial charge in [0.15, 0.2) is 11.3 Å². The third-order valence-corrected chi connectivity index (χ3v) is 8.06. The summed E-state index contributed by atoms with van der Waals surface area (Å²) in [7, 11) is 0. The van der Waals surface area contributed by atoms with Crippen molar-refractivity contribution in [2.45, 2.75) is 45.3 Å². The molecule has 0 aliphatic carbocycles. The lowest BCUT2D eigenvalue weighted by atomic mass is 9.95. The van der Waals surface area contributed by atoms with Crippen molar-refractivity contribution in [1.82, 2.24) is 10.1 Å². The van der Waals surface area contributed by atoms with Gasteiger partial charge in [-0.3, -0.25) is 0 Å². The molecule has 0 amide bonds. The second-order valence-corrected chi connectivity index (χ2v) is 11.5. The summed E-state index contributed by atoms with van der Waals surface area (Å²) in [5.41, 5.74) is 3.22. The average Bonchev–Trinajstić information content (AvgIpc) is 3.60. The molecule has 10 heteroatoms. The number of aryl methyl sites for hydroxylation is 1. The van der Waals surface area contributed by atoms with Gasteiger partial charge in [-0.05, 0) is 68.7 Å². The molecule has 8 nitrogen and oxygen atoms in total. The van der Waals surface area contributed by atoms with Gasteiger partial charge >= 0.3 is 0 Å². The monoisotopic (exact) mass is 592 g/mol. The Morgan fingerprint density at radius 3 is 2.68 bits per heavy atom. The highest BCUT2D eigenvalue weighted by molar-refractivity contribution is 6.33. The zero-order valence-electron chi connectivity index (χ0n) is 23.0. The van der Waals surface area contributed by atoms with E-state index in [-0.39, 0.29) is 18.3 Å². The fraction of sp³-hybridized carbons (Fsp3) is 0.290. The predicted octanol–water partition coefficient (Wildman–Crippen LogP) is 8.45. The largest absolute Gasteiger partial charge is 0.508 e. The maximum Gasteiger partial charge on any atom is 0.174 e. The quantitative estimate of drug-likeness (QED) is 0.153. The molecule has 1 aliphatic rings. The van der Waals surface area contributed by atoms with Crippen LogP contribution >= 0.6 is 23.2 Å². The van der Waals surface area contributed by atoms with E-state index in [2.05, 4.69) is 26.8 Å². The molecule has 1 atom stereocenters. The third kappa shape index (κ3) is 5.80. The van der Waals surface area contributed by atoms with Crippen LogP contribution in [-0.4, -0.2) is 28.3 Å². The summed E-state index contributed by atoms with van der Waals surface area (Å²) in [6.07, 6.45) is 2.55. The van der Waals surface area contributed by atoms with E-state index in [0.29, 0.717) is 43.9 Å². The van der Waals surface area contributed by atoms with Gasteiger partial charge in [0.25, 0.3) is 0 Å². The standard InChI is InChI=1S/C31H30Cl2N4O4/c1-18-6-5-7-25(32)28(18)29-24(30(41-35-29)31(3,4)36-39)17-40-22-9-10-23(26(33)14-22)21-12-13-37(16-21)27-11-8-20(15-34-27)19(2)38/h5-11,14-15,21,38H,2,12-13,16-17H2,1,3-4H3. The Kier molecular flexibility index (Phi) is 8.07. The number of halogens is 2. The number of aromatic nitrogens is 2. The molecule has 1 aliphatic heterocycles. The number of ether oxygens (including phenoxy) is 1. The zero-order valence-corrected chi connectivity index (χ0v) is 24.5. The van der Waals surface area contributed by atoms with E-state index in [1.54, 1.807) is 32.2 Å². The Morgan fingerprint density at radius 2 is 2.02 bits per heavy atom. The van der Waals surface area contributed by atoms with E-state index < -0.39 is 5.54 Å². The first kappa shape index (κ1) is 28.6. The molecule has 2 aromatic carbocycles. The Labute approximate surface area is 248 Å². The van der Waals surface area contributed by atoms with Crippen LogP contribution in [0.2, 0.25) is 10.0 Å². The number of nitroso groups, excluding NO2 is 1. The van der Waals surface area contributed by atoms with Crippen LogP contribution in [0.1, 0.15) is 54.2 Å². The van der Waals surface area contributed by atoms with Gasteiger partial charge in [0, 0.05) is 41.4 Å². The van der Waals surface area contributed by atoms with Crippen molar-refractivity contribution in [2.24, 2.45) is 5.18 Å². The number of hydrogen-bond acceptors (Lipinski definition) is 8. The molecule has 1 N–H and O–H groups in total. The second kappa shape index (κ2) is 11.5. The van der Waals surface area contributed by atoms with E-state index in [0.717, 1.165) is 36.5 Å². The van der Waals surface area contributed by atoms with Crippen LogP contribution in [0.15, 0.2) is 71.0 Å². The number of aliphatic hydroxyl groups is 1. The molecule has 0 saturated carbocycles. The highest BCUT2D eigenvalue weighted by Gasteiger charge is 2.34. The normalized spacial score (nSPS) is 15.2. The zero-order chi connectivity index (χ0) is 29.3. The molecule has 4 aromatic rings. The summed E-state index contributed by atoms with van der Waals surface area (Å²) in [5, 5.41) is 18.2. The van der Waals surface area contributed by atoms with Crippen molar-refractivity contribution in [3.8, 4) is 17.0 Å². The Balaban J connectivity index is 1.35. The lowest BCUT2D eigenvalue weighted by molar-refractivity contribution is 0.284. The van der Waals surface area contributed by atoms with E-state index in [1.165, 1.54) is 0 Å². The van der Waals surface area contributed by atoms with Gasteiger partial charge in [0.1, 0.15) is 29.6 Å². The number of hydrogen-bond donors (Lipinski definition) is 1. The minimum atomic E-state index is -1.16. The van der Waals surface area contributed by atoms with Gasteiger partial charge in [-0.1, -0.05) is 58.3 Å². The lowest BCUT2D eigenvalue weighted by Crippen LogP contribution is -2.20. The number of benzene rings is 2. The smallest absolute Gasteiger partial charge is 0.174 e. The predicted molar refractivity (Wildman–Crippen MR) is 162 cm³/mol. The van der Waals surface area contributed by atoms with Gasteiger partial charge in [-0.25, -0.2) is 4.98 Å². The Bertz CT molecular complexity index is 1580. The maximum absolute atomic E-state index is 11.7. The molecule has 0 spiro atoms. The maximum atomic E-state index is 11.7. The minimum Gasteiger partial charge on any atom is -0.508 e. The minimum absolute atomic E-state index is 0.00276. The summed E-state index contributed by atoms with van der Waals surface area (Å²) in [4.78, 5) is 18.3. The number of aliphatic hydroxyl groups excluding tert-OH is 1. The molecule has 3 heterocycles. The van der Waals surface area contributed by atoms with Crippen molar-refractivity contribution in [1.29, 1.82) is 0 Å². The van der Waals surface area contributed by atoms with Crippen molar-refractivity contribution in [2.75, 3.05) is 18.0 Å². The van der Waals surface area contributed by atoms with Gasteiger partial charge in [0.2, 0.25) is 0 Å². The molecule has 5 rings (SSSR count). The fourth-order valence-electron chi connectivity index (χ4n) is 5.14. The molecule has 0 bridgehead atoms. The third-order valence-electron chi connectivity index (χ3n) is 7.42. The summed E-state index contributed by atoms with van der Waals surface area (Å²) >= 11 is 13.3. The molecule has 1 saturated heterocycles. The topological polar surface area (TPSA) is 101 Å². The van der Waals surface area contributed by atoms with Crippen molar-refractivity contribution in [3.63, 3.8) is 0 Å². The van der Waals surface area contributed by atoms with E-state index in [1.807, 2.05) is 43.3 Å². The van der Waals surface area contributed by atoms with Crippen LogP contribution in [0.5, 0.6) is 5.75 Å². The van der Waals surface area contributed by atoms with Crippen LogP contribution < -0.4 is 9.64 Å². The SMILES string of the molecule is C=C(O)c1ccc(N2CCC(c3ccc(OCc4c(-c5c(C)cccc5Cl)noc4C(C)(C)N=O)cc3Cl)C2)nc1. The number of nitrogens with zero attached hydrogens (tertiary/aromatic N) is 4. The Hall–Kier alpha value is -3.88. The van der Waals surface area contributed by atoms with Gasteiger partial charge in [0.05, 0.1) is 10.6 Å². The van der Waals surface area contributed by atoms with Crippen LogP contribution in [0.3, 0.4) is 0 Å². The van der Waals surface area contributed by atoms with E-state index >= 15 is 0 Å². The first-order valence-corrected chi connectivity index (χ1v) is 13.9. The molecule has 41 heavy (non-hydrogen) atoms. The Morgan fingerprint density at radius 1 is 1.22 bits per heavy atom. The molecular weight excluding hydrogens is 563 g/mol. The van der Waals surface area contributed by atoms with Crippen LogP contribution in [-0.2, 0) is 12.1 Å². The van der Waals surface area contributed by atoms with Gasteiger partial charge in [-0.2, -0.15) is 0 Å². The summed E-state index contributed by atoms with van der Waals surface area (Å²) in [6, 6.07) is 15.0. The summed E-state index contributed by atoms with van der Waals surface area (Å²) in [5.74, 6) is 1.96. The number of anilines is 1. The van der Waals surface area contributed by atoms with Gasteiger partial charge < -0.3 is 19.3 Å². The fourth-order valence-corrected chi connectivity index (χ4v) is 5.78. The average molecular weight is 594 g/mol. The first-order valence-electron chi connectivity index (χ1n) is 13.2. The molecule has 1 fully saturated rings. The number of rotatable bonds is 9. The molecule has 2 aromatic heterocycles. The first-order chi connectivity index (χ1) is 19.6. The second-order valence-electron chi connectivity index (χ2n) is 10.7. The lowest BCUT2D eigenvalue weighted by Gasteiger charge is -2.19. The van der Waals surface area contributed by atoms with Crippen LogP contribution in [0, 0.1) is 11.8 Å². The van der Waals surface area contributed by atoms with Crippen LogP contribution in [0.25, 0.3) is 17.0 Å². The van der Waals surface area contributed by atoms with Crippen molar-refractivity contribution in [3.05, 3.63) is 104 Å². The van der Waals surface area contributed by atoms with Crippen molar-refractivity contribution >= 4 is 34.8 Å². The van der Waals surface area contributed by atoms with Gasteiger partial charge in [-0.15, -0.1) is 4.91 Å². The van der Waals surface area contributed by atoms with Crippen LogP contribution in [0.4, 0.5) is 5.82 Å². The van der Waals surface area contributed by atoms with E-state index in [9.17, 15) is 10.0 Å². The van der Waals surface area contributed by atoms with Crippen molar-refractivity contribution < 1.29 is 14.4 Å². The summed E-state index contributed by atoms with van der Waals surface area (Å²) < 4.78 is 11.8. The highest BCUT2D eigenvalue weighted by atomic mass is 35.5. The molecule has 0 radical (unpaired) electrons. The highest BCUT2D eigenvalue weighted by Crippen LogP contribution is 2.40. The number of pyridine rings is 1. The summed E-state index contributed by atoms with van der Waals surface area (Å²) in [6.45, 7) is 10.5. The molecular formula is C31H30Cl2N4O4.